The second-order valence-electron chi connectivity index (χ2n) is 4.29. The zero-order chi connectivity index (χ0) is 13.9. The fourth-order valence-corrected chi connectivity index (χ4v) is 2.20. The molecule has 1 aliphatic rings. The van der Waals surface area contributed by atoms with Crippen LogP contribution < -0.4 is 9.47 Å². The van der Waals surface area contributed by atoms with E-state index >= 15 is 0 Å². The van der Waals surface area contributed by atoms with E-state index in [0.717, 1.165) is 16.9 Å². The van der Waals surface area contributed by atoms with E-state index in [0.29, 0.717) is 16.3 Å². The molecular formula is C16H10ClNO2. The Labute approximate surface area is 121 Å². The minimum absolute atomic E-state index is 0.238. The lowest BCUT2D eigenvalue weighted by Crippen LogP contribution is -1.92. The largest absolute Gasteiger partial charge is 0.454 e. The van der Waals surface area contributed by atoms with Gasteiger partial charge in [0.1, 0.15) is 0 Å². The predicted octanol–water partition coefficient (Wildman–Crippen LogP) is 4.13. The first-order chi connectivity index (χ1) is 9.76. The van der Waals surface area contributed by atoms with Gasteiger partial charge in [0.15, 0.2) is 11.5 Å². The highest BCUT2D eigenvalue weighted by Crippen LogP contribution is 2.33. The van der Waals surface area contributed by atoms with E-state index in [4.69, 9.17) is 21.1 Å². The highest BCUT2D eigenvalue weighted by atomic mass is 35.5. The summed E-state index contributed by atoms with van der Waals surface area (Å²) in [5.41, 5.74) is 2.22. The van der Waals surface area contributed by atoms with E-state index in [1.54, 1.807) is 18.2 Å². The lowest BCUT2D eigenvalue weighted by Gasteiger charge is -2.02. The van der Waals surface area contributed by atoms with Crippen LogP contribution >= 0.6 is 11.6 Å². The quantitative estimate of drug-likeness (QED) is 0.615. The molecule has 0 atom stereocenters. The lowest BCUT2D eigenvalue weighted by molar-refractivity contribution is 0.174. The van der Waals surface area contributed by atoms with Gasteiger partial charge in [-0.05, 0) is 41.5 Å². The maximum Gasteiger partial charge on any atom is 0.231 e. The molecule has 0 saturated heterocycles. The Morgan fingerprint density at radius 1 is 1.15 bits per heavy atom. The molecule has 1 aliphatic heterocycles. The monoisotopic (exact) mass is 283 g/mol. The lowest BCUT2D eigenvalue weighted by atomic mass is 10.0. The van der Waals surface area contributed by atoms with Crippen molar-refractivity contribution in [2.24, 2.45) is 0 Å². The van der Waals surface area contributed by atoms with Crippen LogP contribution in [0.2, 0.25) is 5.02 Å². The number of ether oxygens (including phenoxy) is 2. The Morgan fingerprint density at radius 3 is 2.80 bits per heavy atom. The summed E-state index contributed by atoms with van der Waals surface area (Å²) in [6.45, 7) is 0.238. The van der Waals surface area contributed by atoms with Gasteiger partial charge in [-0.25, -0.2) is 0 Å². The maximum absolute atomic E-state index is 9.31. The van der Waals surface area contributed by atoms with Crippen molar-refractivity contribution in [3.8, 4) is 17.6 Å². The van der Waals surface area contributed by atoms with E-state index in [1.165, 1.54) is 0 Å². The molecule has 4 heteroatoms. The van der Waals surface area contributed by atoms with Crippen LogP contribution in [0.5, 0.6) is 11.5 Å². The second-order valence-corrected chi connectivity index (χ2v) is 4.73. The molecule has 0 unspecified atom stereocenters. The van der Waals surface area contributed by atoms with Crippen molar-refractivity contribution in [3.05, 3.63) is 58.6 Å². The van der Waals surface area contributed by atoms with Crippen molar-refractivity contribution in [1.82, 2.24) is 0 Å². The van der Waals surface area contributed by atoms with Crippen LogP contribution in [0.15, 0.2) is 42.5 Å². The summed E-state index contributed by atoms with van der Waals surface area (Å²) in [5, 5.41) is 9.91. The average molecular weight is 284 g/mol. The van der Waals surface area contributed by atoms with Gasteiger partial charge >= 0.3 is 0 Å². The molecule has 0 amide bonds. The number of nitrogens with zero attached hydrogens (tertiary/aromatic N) is 1. The third-order valence-corrected chi connectivity index (χ3v) is 3.20. The summed E-state index contributed by atoms with van der Waals surface area (Å²) < 4.78 is 10.6. The highest BCUT2D eigenvalue weighted by Gasteiger charge is 2.13. The van der Waals surface area contributed by atoms with Gasteiger partial charge in [-0.1, -0.05) is 29.8 Å². The van der Waals surface area contributed by atoms with Crippen LogP contribution in [0.1, 0.15) is 11.1 Å². The Hall–Kier alpha value is -2.44. The van der Waals surface area contributed by atoms with Crippen molar-refractivity contribution in [1.29, 1.82) is 5.26 Å². The SMILES string of the molecule is N#C/C(=C/c1ccc2c(c1)OCO2)c1cccc(Cl)c1. The predicted molar refractivity (Wildman–Crippen MR) is 77.5 cm³/mol. The van der Waals surface area contributed by atoms with Gasteiger partial charge in [-0.2, -0.15) is 5.26 Å². The molecule has 0 saturated carbocycles. The van der Waals surface area contributed by atoms with Gasteiger partial charge in [0.05, 0.1) is 11.6 Å². The molecule has 0 aliphatic carbocycles. The topological polar surface area (TPSA) is 42.2 Å². The molecule has 1 heterocycles. The summed E-state index contributed by atoms with van der Waals surface area (Å²) >= 11 is 5.95. The van der Waals surface area contributed by atoms with E-state index in [2.05, 4.69) is 6.07 Å². The Kier molecular flexibility index (Phi) is 3.32. The van der Waals surface area contributed by atoms with Gasteiger partial charge in [-0.3, -0.25) is 0 Å². The van der Waals surface area contributed by atoms with Crippen molar-refractivity contribution in [2.75, 3.05) is 6.79 Å². The molecule has 0 aromatic heterocycles. The fourth-order valence-electron chi connectivity index (χ4n) is 2.01. The molecular weight excluding hydrogens is 274 g/mol. The first kappa shape index (κ1) is 12.6. The molecule has 0 bridgehead atoms. The van der Waals surface area contributed by atoms with Crippen LogP contribution in [0.25, 0.3) is 11.6 Å². The van der Waals surface area contributed by atoms with Crippen LogP contribution in [0.3, 0.4) is 0 Å². The van der Waals surface area contributed by atoms with Gasteiger partial charge in [0.25, 0.3) is 0 Å². The number of rotatable bonds is 2. The summed E-state index contributed by atoms with van der Waals surface area (Å²) in [6.07, 6.45) is 1.80. The molecule has 0 fully saturated rings. The number of benzene rings is 2. The number of hydrogen-bond acceptors (Lipinski definition) is 3. The zero-order valence-corrected chi connectivity index (χ0v) is 11.2. The second kappa shape index (κ2) is 5.28. The van der Waals surface area contributed by atoms with Gasteiger partial charge in [0.2, 0.25) is 6.79 Å². The van der Waals surface area contributed by atoms with Crippen molar-refractivity contribution in [3.63, 3.8) is 0 Å². The third-order valence-electron chi connectivity index (χ3n) is 2.96. The Bertz CT molecular complexity index is 731. The Morgan fingerprint density at radius 2 is 2.00 bits per heavy atom. The maximum atomic E-state index is 9.31. The van der Waals surface area contributed by atoms with E-state index in [9.17, 15) is 5.26 Å². The highest BCUT2D eigenvalue weighted by molar-refractivity contribution is 6.30. The van der Waals surface area contributed by atoms with E-state index in [1.807, 2.05) is 30.3 Å². The number of hydrogen-bond donors (Lipinski definition) is 0. The number of fused-ring (bicyclic) bond motifs is 1. The number of nitriles is 1. The van der Waals surface area contributed by atoms with Crippen molar-refractivity contribution in [2.45, 2.75) is 0 Å². The van der Waals surface area contributed by atoms with Gasteiger partial charge < -0.3 is 9.47 Å². The molecule has 0 radical (unpaired) electrons. The standard InChI is InChI=1S/C16H10ClNO2/c17-14-3-1-2-12(8-14)13(9-18)6-11-4-5-15-16(7-11)20-10-19-15/h1-8H,10H2/b13-6-. The van der Waals surface area contributed by atoms with Crippen molar-refractivity contribution >= 4 is 23.3 Å². The molecule has 3 rings (SSSR count). The molecule has 98 valence electrons. The molecule has 0 N–H and O–H groups in total. The zero-order valence-electron chi connectivity index (χ0n) is 10.5. The molecule has 2 aromatic carbocycles. The van der Waals surface area contributed by atoms with Crippen molar-refractivity contribution < 1.29 is 9.47 Å². The van der Waals surface area contributed by atoms with Crippen LogP contribution in [0.4, 0.5) is 0 Å². The van der Waals surface area contributed by atoms with Crippen LogP contribution in [0, 0.1) is 11.3 Å². The van der Waals surface area contributed by atoms with E-state index < -0.39 is 0 Å². The van der Waals surface area contributed by atoms with Crippen LogP contribution in [-0.2, 0) is 0 Å². The molecule has 3 nitrogen and oxygen atoms in total. The fraction of sp³-hybridized carbons (Fsp3) is 0.0625. The first-order valence-electron chi connectivity index (χ1n) is 6.03. The minimum Gasteiger partial charge on any atom is -0.454 e. The number of allylic oxidation sites excluding steroid dienone is 1. The molecule has 0 spiro atoms. The number of halogens is 1. The van der Waals surface area contributed by atoms with E-state index in [-0.39, 0.29) is 6.79 Å². The smallest absolute Gasteiger partial charge is 0.231 e. The van der Waals surface area contributed by atoms with Crippen LogP contribution in [-0.4, -0.2) is 6.79 Å². The average Bonchev–Trinajstić information content (AvgIpc) is 2.92. The summed E-state index contributed by atoms with van der Waals surface area (Å²) in [5.74, 6) is 1.42. The molecule has 2 aromatic rings. The van der Waals surface area contributed by atoms with Gasteiger partial charge in [0, 0.05) is 5.02 Å². The third kappa shape index (κ3) is 2.47. The van der Waals surface area contributed by atoms with Gasteiger partial charge in [-0.15, -0.1) is 0 Å². The normalized spacial score (nSPS) is 13.1. The summed E-state index contributed by atoms with van der Waals surface area (Å²) in [4.78, 5) is 0. The Balaban J connectivity index is 1.99. The summed E-state index contributed by atoms with van der Waals surface area (Å²) in [7, 11) is 0. The summed E-state index contributed by atoms with van der Waals surface area (Å²) in [6, 6.07) is 15.0. The first-order valence-corrected chi connectivity index (χ1v) is 6.41. The molecule has 20 heavy (non-hydrogen) atoms. The minimum atomic E-state index is 0.238.